The Balaban J connectivity index is 2.32. The van der Waals surface area contributed by atoms with Gasteiger partial charge in [0.15, 0.2) is 0 Å². The molecule has 0 fully saturated rings. The summed E-state index contributed by atoms with van der Waals surface area (Å²) in [5.74, 6) is 0. The molecule has 0 bridgehead atoms. The third-order valence-electron chi connectivity index (χ3n) is 3.29. The van der Waals surface area contributed by atoms with Crippen LogP contribution in [0, 0.1) is 13.8 Å². The lowest BCUT2D eigenvalue weighted by molar-refractivity contribution is 0.679. The number of nitrogens with zero attached hydrogens (tertiary/aromatic N) is 1. The standard InChI is InChI=1S/C15H20N2S/c1-11-9-14(12(2)18-11)15(10-16)17(3)13-7-5-4-6-8-13/h4-9,15H,10,16H2,1-3H3. The fraction of sp³-hybridized carbons (Fsp3) is 0.333. The van der Waals surface area contributed by atoms with Crippen molar-refractivity contribution in [2.24, 2.45) is 5.73 Å². The van der Waals surface area contributed by atoms with Gasteiger partial charge in [-0.25, -0.2) is 0 Å². The van der Waals surface area contributed by atoms with Crippen LogP contribution >= 0.6 is 11.3 Å². The van der Waals surface area contributed by atoms with Gasteiger partial charge in [0.1, 0.15) is 0 Å². The van der Waals surface area contributed by atoms with Gasteiger partial charge in [0.2, 0.25) is 0 Å². The van der Waals surface area contributed by atoms with Gasteiger partial charge in [-0.15, -0.1) is 11.3 Å². The van der Waals surface area contributed by atoms with Crippen molar-refractivity contribution in [2.75, 3.05) is 18.5 Å². The first kappa shape index (κ1) is 13.1. The highest BCUT2D eigenvalue weighted by atomic mass is 32.1. The third-order valence-corrected chi connectivity index (χ3v) is 4.27. The van der Waals surface area contributed by atoms with Crippen LogP contribution in [0.25, 0.3) is 0 Å². The van der Waals surface area contributed by atoms with Crippen molar-refractivity contribution in [2.45, 2.75) is 19.9 Å². The van der Waals surface area contributed by atoms with E-state index < -0.39 is 0 Å². The highest BCUT2D eigenvalue weighted by molar-refractivity contribution is 7.12. The predicted octanol–water partition coefficient (Wildman–Crippen LogP) is 3.50. The molecule has 0 saturated heterocycles. The Bertz CT molecular complexity index is 504. The zero-order valence-corrected chi connectivity index (χ0v) is 12.0. The van der Waals surface area contributed by atoms with Crippen molar-refractivity contribution in [3.63, 3.8) is 0 Å². The maximum Gasteiger partial charge on any atom is 0.0672 e. The maximum atomic E-state index is 5.98. The minimum absolute atomic E-state index is 0.248. The summed E-state index contributed by atoms with van der Waals surface area (Å²) in [7, 11) is 2.11. The molecule has 0 amide bonds. The molecule has 1 atom stereocenters. The highest BCUT2D eigenvalue weighted by Crippen LogP contribution is 2.31. The van der Waals surface area contributed by atoms with E-state index in [1.807, 2.05) is 17.4 Å². The van der Waals surface area contributed by atoms with Crippen LogP contribution in [0.3, 0.4) is 0 Å². The second-order valence-electron chi connectivity index (χ2n) is 4.57. The van der Waals surface area contributed by atoms with E-state index in [0.29, 0.717) is 6.54 Å². The molecular formula is C15H20N2S. The fourth-order valence-corrected chi connectivity index (χ4v) is 3.30. The van der Waals surface area contributed by atoms with E-state index >= 15 is 0 Å². The van der Waals surface area contributed by atoms with Crippen LogP contribution in [-0.2, 0) is 0 Å². The van der Waals surface area contributed by atoms with Crippen LogP contribution in [0.2, 0.25) is 0 Å². The van der Waals surface area contributed by atoms with Crippen molar-refractivity contribution in [1.29, 1.82) is 0 Å². The molecule has 2 nitrogen and oxygen atoms in total. The number of thiophene rings is 1. The van der Waals surface area contributed by atoms with Crippen molar-refractivity contribution in [3.8, 4) is 0 Å². The van der Waals surface area contributed by atoms with E-state index in [0.717, 1.165) is 0 Å². The van der Waals surface area contributed by atoms with Gasteiger partial charge in [-0.1, -0.05) is 18.2 Å². The lowest BCUT2D eigenvalue weighted by Crippen LogP contribution is -2.30. The molecule has 96 valence electrons. The van der Waals surface area contributed by atoms with Gasteiger partial charge < -0.3 is 10.6 Å². The molecule has 2 rings (SSSR count). The maximum absolute atomic E-state index is 5.98. The van der Waals surface area contributed by atoms with E-state index in [4.69, 9.17) is 5.73 Å². The van der Waals surface area contributed by atoms with Crippen molar-refractivity contribution >= 4 is 17.0 Å². The van der Waals surface area contributed by atoms with E-state index in [1.165, 1.54) is 21.0 Å². The van der Waals surface area contributed by atoms with Crippen molar-refractivity contribution in [1.82, 2.24) is 0 Å². The van der Waals surface area contributed by atoms with Gasteiger partial charge in [-0.05, 0) is 37.6 Å². The van der Waals surface area contributed by atoms with E-state index in [9.17, 15) is 0 Å². The number of para-hydroxylation sites is 1. The lowest BCUT2D eigenvalue weighted by Gasteiger charge is -2.29. The zero-order valence-electron chi connectivity index (χ0n) is 11.2. The topological polar surface area (TPSA) is 29.3 Å². The molecule has 0 aliphatic rings. The molecule has 1 unspecified atom stereocenters. The number of hydrogen-bond donors (Lipinski definition) is 1. The smallest absolute Gasteiger partial charge is 0.0672 e. The van der Waals surface area contributed by atoms with Crippen LogP contribution in [0.15, 0.2) is 36.4 Å². The van der Waals surface area contributed by atoms with Crippen molar-refractivity contribution < 1.29 is 0 Å². The Hall–Kier alpha value is -1.32. The molecule has 0 radical (unpaired) electrons. The average molecular weight is 260 g/mol. The zero-order chi connectivity index (χ0) is 13.1. The number of benzene rings is 1. The van der Waals surface area contributed by atoms with Crippen LogP contribution in [0.4, 0.5) is 5.69 Å². The summed E-state index contributed by atoms with van der Waals surface area (Å²) in [5, 5.41) is 0. The van der Waals surface area contributed by atoms with E-state index in [2.05, 4.69) is 56.1 Å². The van der Waals surface area contributed by atoms with Crippen molar-refractivity contribution in [3.05, 3.63) is 51.7 Å². The fourth-order valence-electron chi connectivity index (χ4n) is 2.32. The molecule has 2 N–H and O–H groups in total. The van der Waals surface area contributed by atoms with Gasteiger partial charge >= 0.3 is 0 Å². The largest absolute Gasteiger partial charge is 0.366 e. The molecule has 1 aromatic carbocycles. The van der Waals surface area contributed by atoms with Gasteiger partial charge in [0.05, 0.1) is 6.04 Å². The Kier molecular flexibility index (Phi) is 4.04. The molecule has 2 aromatic rings. The highest BCUT2D eigenvalue weighted by Gasteiger charge is 2.19. The molecule has 3 heteroatoms. The first-order chi connectivity index (χ1) is 8.63. The quantitative estimate of drug-likeness (QED) is 0.911. The molecule has 0 aliphatic carbocycles. The van der Waals surface area contributed by atoms with Crippen LogP contribution < -0.4 is 10.6 Å². The normalized spacial score (nSPS) is 12.4. The predicted molar refractivity (Wildman–Crippen MR) is 80.4 cm³/mol. The summed E-state index contributed by atoms with van der Waals surface area (Å²) in [6.07, 6.45) is 0. The molecule has 0 saturated carbocycles. The molecule has 1 aromatic heterocycles. The minimum atomic E-state index is 0.248. The number of rotatable bonds is 4. The van der Waals surface area contributed by atoms with Gasteiger partial charge in [-0.3, -0.25) is 0 Å². The van der Waals surface area contributed by atoms with Crippen LogP contribution in [0.1, 0.15) is 21.4 Å². The summed E-state index contributed by atoms with van der Waals surface area (Å²) in [5.41, 5.74) is 8.54. The molecule has 0 spiro atoms. The Morgan fingerprint density at radius 1 is 1.22 bits per heavy atom. The number of anilines is 1. The molecular weight excluding hydrogens is 240 g/mol. The molecule has 18 heavy (non-hydrogen) atoms. The number of aryl methyl sites for hydroxylation is 2. The number of nitrogens with two attached hydrogens (primary N) is 1. The second-order valence-corrected chi connectivity index (χ2v) is 6.03. The Labute approximate surface area is 113 Å². The third kappa shape index (κ3) is 2.57. The number of likely N-dealkylation sites (N-methyl/N-ethyl adjacent to an activating group) is 1. The van der Waals surface area contributed by atoms with E-state index in [1.54, 1.807) is 0 Å². The first-order valence-electron chi connectivity index (χ1n) is 6.18. The summed E-state index contributed by atoms with van der Waals surface area (Å²) in [6, 6.07) is 12.9. The summed E-state index contributed by atoms with van der Waals surface area (Å²) >= 11 is 1.84. The Morgan fingerprint density at radius 3 is 2.39 bits per heavy atom. The van der Waals surface area contributed by atoms with Crippen LogP contribution in [-0.4, -0.2) is 13.6 Å². The van der Waals surface area contributed by atoms with Gasteiger partial charge in [0.25, 0.3) is 0 Å². The summed E-state index contributed by atoms with van der Waals surface area (Å²) in [4.78, 5) is 4.97. The molecule has 0 aliphatic heterocycles. The van der Waals surface area contributed by atoms with Crippen LogP contribution in [0.5, 0.6) is 0 Å². The number of hydrogen-bond acceptors (Lipinski definition) is 3. The monoisotopic (exact) mass is 260 g/mol. The summed E-state index contributed by atoms with van der Waals surface area (Å²) < 4.78 is 0. The van der Waals surface area contributed by atoms with Gasteiger partial charge in [-0.2, -0.15) is 0 Å². The molecule has 1 heterocycles. The average Bonchev–Trinajstić information content (AvgIpc) is 2.70. The van der Waals surface area contributed by atoms with Gasteiger partial charge in [0, 0.05) is 29.0 Å². The SMILES string of the molecule is Cc1cc(C(CN)N(C)c2ccccc2)c(C)s1. The Morgan fingerprint density at radius 2 is 1.89 bits per heavy atom. The summed E-state index contributed by atoms with van der Waals surface area (Å²) in [6.45, 7) is 4.95. The lowest BCUT2D eigenvalue weighted by atomic mass is 10.1. The minimum Gasteiger partial charge on any atom is -0.366 e. The van der Waals surface area contributed by atoms with E-state index in [-0.39, 0.29) is 6.04 Å². The second kappa shape index (κ2) is 5.55. The first-order valence-corrected chi connectivity index (χ1v) is 7.00.